The standard InChI is InChI=1S/C68H89N3O5/c69-29-11-17-43-16-10-18-52-57(43)62(73)76-68(52)56-33-44(41-12-4-5-13-41)19-20-45-31-51-50(42-14-2-1-3-15-42)32-46-21-22-53-47-30-40-37-70(39-47)54(48-35-64(24-6-7-25-64)65(36-48)26-8-9-27-65)34-55(72)61-66(68)28-23-49(58(51)60(46)71(53)38-40)59(45)67(56,66)63(74)75-61/h10,16,18-20,40-42,44-45,47-48,50-51,53-54,56,58,72H,1-9,11-15,17,21-39,69H2/b20-19-,61-55+/t40-,44-,45+,47+,50+,51+,53-,54-,56+,58+,66-,67-,68-/m1/s1. The van der Waals surface area contributed by atoms with Crippen molar-refractivity contribution in [3.63, 3.8) is 0 Å². The summed E-state index contributed by atoms with van der Waals surface area (Å²) in [7, 11) is 0. The van der Waals surface area contributed by atoms with Crippen molar-refractivity contribution in [1.29, 1.82) is 0 Å². The van der Waals surface area contributed by atoms with Gasteiger partial charge in [0, 0.05) is 61.2 Å². The summed E-state index contributed by atoms with van der Waals surface area (Å²) in [6.45, 7) is 3.94. The summed E-state index contributed by atoms with van der Waals surface area (Å²) in [6.07, 6.45) is 41.3. The quantitative estimate of drug-likeness (QED) is 0.214. The summed E-state index contributed by atoms with van der Waals surface area (Å²) in [6, 6.07) is 7.26. The Hall–Kier alpha value is -3.36. The molecular formula is C68H89N3O5. The van der Waals surface area contributed by atoms with Gasteiger partial charge in [0.25, 0.3) is 0 Å². The second-order valence-electron chi connectivity index (χ2n) is 29.8. The zero-order chi connectivity index (χ0) is 50.5. The molecule has 3 saturated heterocycles. The minimum Gasteiger partial charge on any atom is -0.509 e. The molecule has 20 rings (SSSR count). The monoisotopic (exact) mass is 1030 g/mol. The van der Waals surface area contributed by atoms with Gasteiger partial charge in [-0.2, -0.15) is 0 Å². The maximum absolute atomic E-state index is 16.8. The highest BCUT2D eigenvalue weighted by atomic mass is 16.6. The fourth-order valence-corrected chi connectivity index (χ4v) is 25.2. The molecule has 9 fully saturated rings. The second-order valence-corrected chi connectivity index (χ2v) is 29.8. The number of esters is 2. The second kappa shape index (κ2) is 16.9. The number of rotatable bonds is 6. The van der Waals surface area contributed by atoms with Crippen LogP contribution in [0.5, 0.6) is 0 Å². The lowest BCUT2D eigenvalue weighted by Crippen LogP contribution is -2.78. The first-order valence-electron chi connectivity index (χ1n) is 32.6. The Bertz CT molecular complexity index is 2740. The number of nitrogens with zero attached hydrogens (tertiary/aromatic N) is 2. The smallest absolute Gasteiger partial charge is 0.339 e. The SMILES string of the molecule is NCCCc1cccc2c1C(=O)O[C@@]21[C@H]2C[C@H](C3CCCC3)/C=C\[C@H]3C[C@@H]4[C@@H]5C6=C3[C@@]23C(=O)O/C(=C(/O)C[C@H](C2CC7(CCCC7)C7(CCCC7)C2)N2C[C@H]7C[C@@H](C2)[C@H]2CCC(=C5N2C7)C[C@H]4C2CCCCC2)[C@]31CC6. The van der Waals surface area contributed by atoms with E-state index in [2.05, 4.69) is 40.2 Å². The third kappa shape index (κ3) is 5.87. The minimum absolute atomic E-state index is 0.120. The van der Waals surface area contributed by atoms with Gasteiger partial charge in [-0.15, -0.1) is 0 Å². The van der Waals surface area contributed by atoms with Crippen molar-refractivity contribution in [3.8, 4) is 0 Å². The van der Waals surface area contributed by atoms with Gasteiger partial charge in [-0.25, -0.2) is 4.79 Å². The summed E-state index contributed by atoms with van der Waals surface area (Å²) < 4.78 is 14.9. The van der Waals surface area contributed by atoms with Crippen molar-refractivity contribution in [2.24, 2.45) is 92.5 Å². The Kier molecular flexibility index (Phi) is 10.5. The Balaban J connectivity index is 0.926. The molecule has 1 aromatic carbocycles. The van der Waals surface area contributed by atoms with Gasteiger partial charge in [0.1, 0.15) is 11.2 Å². The van der Waals surface area contributed by atoms with Crippen LogP contribution in [0, 0.1) is 86.8 Å². The van der Waals surface area contributed by atoms with Crippen molar-refractivity contribution in [2.75, 3.05) is 26.2 Å². The summed E-state index contributed by atoms with van der Waals surface area (Å²) in [4.78, 5) is 38.3. The fourth-order valence-electron chi connectivity index (χ4n) is 25.2. The number of nitrogens with two attached hydrogens (primary N) is 1. The van der Waals surface area contributed by atoms with Crippen LogP contribution < -0.4 is 5.73 Å². The van der Waals surface area contributed by atoms with Crippen molar-refractivity contribution in [3.05, 3.63) is 81.0 Å². The molecule has 76 heavy (non-hydrogen) atoms. The fraction of sp³-hybridized carbons (Fsp3) is 0.765. The average Bonchev–Trinajstić information content (AvgIpc) is 2.20. The van der Waals surface area contributed by atoms with Crippen LogP contribution in [-0.4, -0.2) is 65.1 Å². The number of ether oxygens (including phenoxy) is 2. The van der Waals surface area contributed by atoms with E-state index in [4.69, 9.17) is 15.2 Å². The Labute approximate surface area is 453 Å². The molecule has 8 heteroatoms. The molecule has 10 aliphatic carbocycles. The van der Waals surface area contributed by atoms with Gasteiger partial charge in [0.05, 0.1) is 11.0 Å². The highest BCUT2D eigenvalue weighted by Gasteiger charge is 2.94. The molecule has 6 saturated carbocycles. The topological polar surface area (TPSA) is 105 Å². The third-order valence-corrected chi connectivity index (χ3v) is 27.5. The molecule has 0 aromatic heterocycles. The van der Waals surface area contributed by atoms with Crippen molar-refractivity contribution < 1.29 is 24.2 Å². The molecule has 14 atom stereocenters. The molecule has 0 radical (unpaired) electrons. The molecule has 8 nitrogen and oxygen atoms in total. The lowest BCUT2D eigenvalue weighted by atomic mass is 9.27. The summed E-state index contributed by atoms with van der Waals surface area (Å²) in [5.74, 6) is 5.17. The number of piperidine rings is 2. The van der Waals surface area contributed by atoms with Crippen molar-refractivity contribution in [2.45, 2.75) is 210 Å². The van der Waals surface area contributed by atoms with Crippen LogP contribution in [-0.2, 0) is 26.3 Å². The zero-order valence-electron chi connectivity index (χ0n) is 46.0. The molecule has 19 aliphatic rings. The van der Waals surface area contributed by atoms with E-state index in [1.54, 1.807) is 16.8 Å². The molecule has 12 bridgehead atoms. The maximum Gasteiger partial charge on any atom is 0.339 e. The maximum atomic E-state index is 16.8. The Morgan fingerprint density at radius 3 is 2.26 bits per heavy atom. The van der Waals surface area contributed by atoms with Gasteiger partial charge in [-0.05, 0) is 197 Å². The number of hydrogen-bond donors (Lipinski definition) is 2. The van der Waals surface area contributed by atoms with Gasteiger partial charge < -0.3 is 25.2 Å². The first-order chi connectivity index (χ1) is 37.2. The van der Waals surface area contributed by atoms with Gasteiger partial charge in [-0.1, -0.05) is 112 Å². The van der Waals surface area contributed by atoms with Crippen LogP contribution >= 0.6 is 0 Å². The minimum atomic E-state index is -1.13. The number of allylic oxidation sites excluding steroid dienone is 4. The lowest BCUT2D eigenvalue weighted by Gasteiger charge is -2.73. The van der Waals surface area contributed by atoms with E-state index in [9.17, 15) is 5.11 Å². The van der Waals surface area contributed by atoms with E-state index in [0.717, 1.165) is 55.8 Å². The van der Waals surface area contributed by atoms with Crippen LogP contribution in [0.3, 0.4) is 0 Å². The number of carbonyl (C=O) groups excluding carboxylic acids is 2. The average molecular weight is 1030 g/mol. The zero-order valence-corrected chi connectivity index (χ0v) is 46.0. The molecule has 0 amide bonds. The molecule has 9 aliphatic heterocycles. The first kappa shape index (κ1) is 47.4. The van der Waals surface area contributed by atoms with E-state index < -0.39 is 16.4 Å². The molecule has 9 heterocycles. The van der Waals surface area contributed by atoms with Gasteiger partial charge in [0.15, 0.2) is 11.4 Å². The Morgan fingerprint density at radius 1 is 0.724 bits per heavy atom. The number of benzene rings is 1. The molecule has 1 unspecified atom stereocenters. The normalized spacial score (nSPS) is 45.8. The summed E-state index contributed by atoms with van der Waals surface area (Å²) >= 11 is 0. The third-order valence-electron chi connectivity index (χ3n) is 27.5. The van der Waals surface area contributed by atoms with Crippen LogP contribution in [0.1, 0.15) is 208 Å². The number of aryl methyl sites for hydroxylation is 1. The van der Waals surface area contributed by atoms with Crippen molar-refractivity contribution in [1.82, 2.24) is 9.80 Å². The van der Waals surface area contributed by atoms with E-state index in [1.807, 2.05) is 0 Å². The van der Waals surface area contributed by atoms with E-state index in [0.29, 0.717) is 101 Å². The number of hydrogen-bond acceptors (Lipinski definition) is 8. The molecular weight excluding hydrogens is 939 g/mol. The van der Waals surface area contributed by atoms with E-state index in [1.165, 1.54) is 160 Å². The predicted octanol–water partition coefficient (Wildman–Crippen LogP) is 13.6. The summed E-state index contributed by atoms with van der Waals surface area (Å²) in [5, 5.41) is 14.0. The number of aliphatic hydroxyl groups is 1. The van der Waals surface area contributed by atoms with Crippen LogP contribution in [0.2, 0.25) is 0 Å². The largest absolute Gasteiger partial charge is 0.509 e. The molecule has 1 aromatic rings. The molecule has 406 valence electrons. The highest BCUT2D eigenvalue weighted by Crippen LogP contribution is 2.88. The van der Waals surface area contributed by atoms with E-state index in [-0.39, 0.29) is 35.7 Å². The highest BCUT2D eigenvalue weighted by molar-refractivity contribution is 6.00. The van der Waals surface area contributed by atoms with Crippen LogP contribution in [0.25, 0.3) is 0 Å². The molecule has 5 spiro atoms. The molecule has 3 N–H and O–H groups in total. The van der Waals surface area contributed by atoms with Crippen molar-refractivity contribution >= 4 is 11.9 Å². The summed E-state index contributed by atoms with van der Waals surface area (Å²) in [5.41, 5.74) is 13.1. The number of aliphatic hydroxyl groups excluding tert-OH is 1. The van der Waals surface area contributed by atoms with Gasteiger partial charge >= 0.3 is 11.9 Å². The van der Waals surface area contributed by atoms with E-state index >= 15 is 9.59 Å². The number of carbonyl (C=O) groups is 2. The first-order valence-corrected chi connectivity index (χ1v) is 32.6. The Morgan fingerprint density at radius 2 is 1.49 bits per heavy atom. The lowest BCUT2D eigenvalue weighted by molar-refractivity contribution is -0.282. The van der Waals surface area contributed by atoms with Gasteiger partial charge in [-0.3, -0.25) is 9.69 Å². The predicted molar refractivity (Wildman–Crippen MR) is 293 cm³/mol. The van der Waals surface area contributed by atoms with Crippen LogP contribution in [0.15, 0.2) is 64.3 Å². The van der Waals surface area contributed by atoms with Gasteiger partial charge in [0.2, 0.25) is 0 Å². The van der Waals surface area contributed by atoms with Crippen LogP contribution in [0.4, 0.5) is 0 Å². The number of fused-ring (bicyclic) bond motifs is 4.